The third-order valence-electron chi connectivity index (χ3n) is 3.31. The lowest BCUT2D eigenvalue weighted by molar-refractivity contribution is -0.138. The fourth-order valence-electron chi connectivity index (χ4n) is 2.24. The summed E-state index contributed by atoms with van der Waals surface area (Å²) in [5.41, 5.74) is 1.46. The van der Waals surface area contributed by atoms with Crippen molar-refractivity contribution in [3.8, 4) is 11.5 Å². The molecule has 0 bridgehead atoms. The van der Waals surface area contributed by atoms with Gasteiger partial charge >= 0.3 is 5.97 Å². The zero-order chi connectivity index (χ0) is 14.6. The molecule has 0 radical (unpaired) electrons. The minimum absolute atomic E-state index is 0.0544. The van der Waals surface area contributed by atoms with Crippen molar-refractivity contribution in [2.45, 2.75) is 39.0 Å². The summed E-state index contributed by atoms with van der Waals surface area (Å²) >= 11 is 0. The fourth-order valence-corrected chi connectivity index (χ4v) is 2.24. The topological polar surface area (TPSA) is 55.8 Å². The first-order valence-corrected chi connectivity index (χ1v) is 6.32. The van der Waals surface area contributed by atoms with Gasteiger partial charge in [0.05, 0.1) is 20.6 Å². The van der Waals surface area contributed by atoms with Gasteiger partial charge in [-0.25, -0.2) is 0 Å². The Balaban J connectivity index is 3.36. The highest BCUT2D eigenvalue weighted by Gasteiger charge is 2.28. The van der Waals surface area contributed by atoms with E-state index in [4.69, 9.17) is 14.6 Å². The van der Waals surface area contributed by atoms with Gasteiger partial charge in [-0.1, -0.05) is 20.8 Å². The lowest BCUT2D eigenvalue weighted by Crippen LogP contribution is -2.22. The van der Waals surface area contributed by atoms with Crippen LogP contribution in [-0.4, -0.2) is 25.3 Å². The standard InChI is InChI=1S/C15H22O4/c1-6-10-7-11(15(2,3)9-14(16)17)13(19-5)8-12(10)18-4/h7-8H,6,9H2,1-5H3,(H,16,17). The van der Waals surface area contributed by atoms with E-state index in [0.29, 0.717) is 5.75 Å². The molecule has 0 aliphatic carbocycles. The Kier molecular flexibility index (Phi) is 4.81. The Morgan fingerprint density at radius 1 is 1.21 bits per heavy atom. The van der Waals surface area contributed by atoms with Gasteiger partial charge < -0.3 is 14.6 Å². The molecule has 1 N–H and O–H groups in total. The first-order valence-electron chi connectivity index (χ1n) is 6.32. The average molecular weight is 266 g/mol. The van der Waals surface area contributed by atoms with Crippen molar-refractivity contribution >= 4 is 5.97 Å². The number of rotatable bonds is 6. The number of carboxylic acids is 1. The largest absolute Gasteiger partial charge is 0.496 e. The third kappa shape index (κ3) is 3.40. The van der Waals surface area contributed by atoms with Crippen molar-refractivity contribution in [2.75, 3.05) is 14.2 Å². The van der Waals surface area contributed by atoms with E-state index >= 15 is 0 Å². The number of methoxy groups -OCH3 is 2. The maximum Gasteiger partial charge on any atom is 0.304 e. The molecule has 0 aliphatic rings. The predicted octanol–water partition coefficient (Wildman–Crippen LogP) is 3.02. The molecule has 0 aromatic heterocycles. The lowest BCUT2D eigenvalue weighted by atomic mass is 9.80. The smallest absolute Gasteiger partial charge is 0.304 e. The molecule has 0 heterocycles. The third-order valence-corrected chi connectivity index (χ3v) is 3.31. The van der Waals surface area contributed by atoms with Crippen LogP contribution >= 0.6 is 0 Å². The molecule has 1 rings (SSSR count). The molecule has 0 saturated heterocycles. The van der Waals surface area contributed by atoms with Gasteiger partial charge in [0.15, 0.2) is 0 Å². The highest BCUT2D eigenvalue weighted by Crippen LogP contribution is 2.38. The maximum absolute atomic E-state index is 11.0. The Morgan fingerprint density at radius 3 is 2.21 bits per heavy atom. The zero-order valence-corrected chi connectivity index (χ0v) is 12.2. The molecular weight excluding hydrogens is 244 g/mol. The SMILES string of the molecule is CCc1cc(C(C)(C)CC(=O)O)c(OC)cc1OC. The Labute approximate surface area is 114 Å². The molecule has 4 heteroatoms. The van der Waals surface area contributed by atoms with E-state index in [0.717, 1.165) is 23.3 Å². The van der Waals surface area contributed by atoms with Crippen LogP contribution < -0.4 is 9.47 Å². The van der Waals surface area contributed by atoms with Gasteiger partial charge in [0.25, 0.3) is 0 Å². The highest BCUT2D eigenvalue weighted by molar-refractivity contribution is 5.69. The molecule has 0 saturated carbocycles. The lowest BCUT2D eigenvalue weighted by Gasteiger charge is -2.26. The van der Waals surface area contributed by atoms with Crippen LogP contribution in [0.25, 0.3) is 0 Å². The normalized spacial score (nSPS) is 11.2. The second kappa shape index (κ2) is 5.95. The second-order valence-electron chi connectivity index (χ2n) is 5.17. The van der Waals surface area contributed by atoms with Crippen molar-refractivity contribution in [1.29, 1.82) is 0 Å². The van der Waals surface area contributed by atoms with Crippen molar-refractivity contribution in [3.05, 3.63) is 23.3 Å². The fraction of sp³-hybridized carbons (Fsp3) is 0.533. The molecule has 1 aromatic carbocycles. The van der Waals surface area contributed by atoms with Crippen LogP contribution in [0.4, 0.5) is 0 Å². The van der Waals surface area contributed by atoms with E-state index in [1.54, 1.807) is 14.2 Å². The van der Waals surface area contributed by atoms with Crippen LogP contribution in [-0.2, 0) is 16.6 Å². The molecular formula is C15H22O4. The van der Waals surface area contributed by atoms with E-state index in [9.17, 15) is 4.79 Å². The van der Waals surface area contributed by atoms with Gasteiger partial charge in [0.2, 0.25) is 0 Å². The van der Waals surface area contributed by atoms with Crippen LogP contribution in [0.15, 0.2) is 12.1 Å². The number of carbonyl (C=O) groups is 1. The van der Waals surface area contributed by atoms with Gasteiger partial charge in [0, 0.05) is 17.0 Å². The summed E-state index contributed by atoms with van der Waals surface area (Å²) in [5.74, 6) is 0.621. The summed E-state index contributed by atoms with van der Waals surface area (Å²) in [6.07, 6.45) is 0.877. The molecule has 106 valence electrons. The predicted molar refractivity (Wildman–Crippen MR) is 74.2 cm³/mol. The molecule has 0 amide bonds. The van der Waals surface area contributed by atoms with Gasteiger partial charge in [-0.3, -0.25) is 4.79 Å². The van der Waals surface area contributed by atoms with Gasteiger partial charge in [0.1, 0.15) is 11.5 Å². The van der Waals surface area contributed by atoms with E-state index in [2.05, 4.69) is 0 Å². The van der Waals surface area contributed by atoms with E-state index in [-0.39, 0.29) is 6.42 Å². The molecule has 0 unspecified atom stereocenters. The Morgan fingerprint density at radius 2 is 1.79 bits per heavy atom. The molecule has 0 atom stereocenters. The van der Waals surface area contributed by atoms with Crippen molar-refractivity contribution < 1.29 is 19.4 Å². The highest BCUT2D eigenvalue weighted by atomic mass is 16.5. The average Bonchev–Trinajstić information content (AvgIpc) is 2.35. The van der Waals surface area contributed by atoms with E-state index < -0.39 is 11.4 Å². The number of benzene rings is 1. The molecule has 0 spiro atoms. The number of ether oxygens (including phenoxy) is 2. The summed E-state index contributed by atoms with van der Waals surface area (Å²) in [4.78, 5) is 11.0. The summed E-state index contributed by atoms with van der Waals surface area (Å²) in [6, 6.07) is 3.82. The number of hydrogen-bond donors (Lipinski definition) is 1. The number of aliphatic carboxylic acids is 1. The second-order valence-corrected chi connectivity index (χ2v) is 5.17. The zero-order valence-electron chi connectivity index (χ0n) is 12.2. The van der Waals surface area contributed by atoms with Crippen molar-refractivity contribution in [3.63, 3.8) is 0 Å². The number of aryl methyl sites for hydroxylation is 1. The molecule has 0 aliphatic heterocycles. The molecule has 4 nitrogen and oxygen atoms in total. The molecule has 1 aromatic rings. The maximum atomic E-state index is 11.0. The van der Waals surface area contributed by atoms with Crippen LogP contribution in [0.5, 0.6) is 11.5 Å². The van der Waals surface area contributed by atoms with Crippen molar-refractivity contribution in [2.24, 2.45) is 0 Å². The monoisotopic (exact) mass is 266 g/mol. The van der Waals surface area contributed by atoms with Crippen LogP contribution in [0, 0.1) is 0 Å². The van der Waals surface area contributed by atoms with Gasteiger partial charge in [-0.2, -0.15) is 0 Å². The van der Waals surface area contributed by atoms with Crippen LogP contribution in [0.3, 0.4) is 0 Å². The summed E-state index contributed by atoms with van der Waals surface area (Å²) < 4.78 is 10.7. The minimum atomic E-state index is -0.819. The van der Waals surface area contributed by atoms with Crippen molar-refractivity contribution in [1.82, 2.24) is 0 Å². The van der Waals surface area contributed by atoms with E-state index in [1.165, 1.54) is 0 Å². The van der Waals surface area contributed by atoms with Gasteiger partial charge in [-0.05, 0) is 18.1 Å². The Hall–Kier alpha value is -1.71. The Bertz CT molecular complexity index is 463. The first-order chi connectivity index (χ1) is 8.85. The summed E-state index contributed by atoms with van der Waals surface area (Å²) in [5, 5.41) is 9.04. The minimum Gasteiger partial charge on any atom is -0.496 e. The number of carboxylic acid groups (broad SMARTS) is 1. The van der Waals surface area contributed by atoms with Gasteiger partial charge in [-0.15, -0.1) is 0 Å². The number of hydrogen-bond acceptors (Lipinski definition) is 3. The van der Waals surface area contributed by atoms with E-state index in [1.807, 2.05) is 32.9 Å². The summed E-state index contributed by atoms with van der Waals surface area (Å²) in [7, 11) is 3.21. The molecule has 19 heavy (non-hydrogen) atoms. The summed E-state index contributed by atoms with van der Waals surface area (Å²) in [6.45, 7) is 5.86. The first kappa shape index (κ1) is 15.3. The van der Waals surface area contributed by atoms with Crippen LogP contribution in [0.1, 0.15) is 38.3 Å². The quantitative estimate of drug-likeness (QED) is 0.860. The van der Waals surface area contributed by atoms with Crippen LogP contribution in [0.2, 0.25) is 0 Å². The molecule has 0 fully saturated rings.